The van der Waals surface area contributed by atoms with Gasteiger partial charge in [0.1, 0.15) is 0 Å². The van der Waals surface area contributed by atoms with Gasteiger partial charge in [-0.3, -0.25) is 4.18 Å². The lowest BCUT2D eigenvalue weighted by Crippen LogP contribution is -2.42. The highest BCUT2D eigenvalue weighted by Crippen LogP contribution is 2.59. The zero-order chi connectivity index (χ0) is 33.2. The molecule has 0 aromatic heterocycles. The van der Waals surface area contributed by atoms with E-state index in [9.17, 15) is 18.6 Å². The van der Waals surface area contributed by atoms with Gasteiger partial charge in [0.2, 0.25) is 0 Å². The smallest absolute Gasteiger partial charge is 0.296 e. The second-order valence-corrected chi connectivity index (χ2v) is 18.4. The van der Waals surface area contributed by atoms with E-state index in [4.69, 9.17) is 4.18 Å². The first kappa shape index (κ1) is 36.4. The van der Waals surface area contributed by atoms with Crippen LogP contribution < -0.4 is 0 Å². The maximum Gasteiger partial charge on any atom is 0.296 e. The van der Waals surface area contributed by atoms with Gasteiger partial charge < -0.3 is 10.2 Å². The topological polar surface area (TPSA) is 83.8 Å². The van der Waals surface area contributed by atoms with Gasteiger partial charge in [0.05, 0.1) is 23.7 Å². The summed E-state index contributed by atoms with van der Waals surface area (Å²) in [5, 5.41) is 20.6. The lowest BCUT2D eigenvalue weighted by Gasteiger charge is -2.45. The second kappa shape index (κ2) is 14.4. The van der Waals surface area contributed by atoms with Gasteiger partial charge >= 0.3 is 0 Å². The molecule has 254 valence electrons. The van der Waals surface area contributed by atoms with Gasteiger partial charge in [-0.25, -0.2) is 0 Å². The van der Waals surface area contributed by atoms with E-state index in [1.165, 1.54) is 25.7 Å². The van der Waals surface area contributed by atoms with Crippen LogP contribution in [0.25, 0.3) is 0 Å². The molecule has 4 aliphatic rings. The summed E-state index contributed by atoms with van der Waals surface area (Å²) < 4.78 is 30.2. The van der Waals surface area contributed by atoms with E-state index in [2.05, 4.69) is 60.3 Å². The molecule has 0 aliphatic heterocycles. The van der Waals surface area contributed by atoms with Crippen molar-refractivity contribution >= 4 is 10.1 Å². The van der Waals surface area contributed by atoms with E-state index in [1.54, 1.807) is 24.3 Å². The minimum absolute atomic E-state index is 0.0494. The predicted octanol–water partition coefficient (Wildman–Crippen LogP) is 8.55. The molecule has 5 rings (SSSR count). The molecule has 2 N–H and O–H groups in total. The number of hydrogen-bond acceptors (Lipinski definition) is 5. The molecule has 0 saturated heterocycles. The van der Waals surface area contributed by atoms with E-state index in [0.29, 0.717) is 29.1 Å². The van der Waals surface area contributed by atoms with Gasteiger partial charge in [0, 0.05) is 11.8 Å². The Hall–Kier alpha value is -1.39. The largest absolute Gasteiger partial charge is 0.393 e. The molecular formula is C39H62O5S. The van der Waals surface area contributed by atoms with E-state index in [-0.39, 0.29) is 40.5 Å². The second-order valence-electron chi connectivity index (χ2n) is 16.8. The van der Waals surface area contributed by atoms with E-state index < -0.39 is 10.1 Å². The Morgan fingerprint density at radius 3 is 1.82 bits per heavy atom. The van der Waals surface area contributed by atoms with Crippen molar-refractivity contribution in [1.29, 1.82) is 0 Å². The molecule has 0 amide bonds. The van der Waals surface area contributed by atoms with Gasteiger partial charge in [-0.2, -0.15) is 8.42 Å². The summed E-state index contributed by atoms with van der Waals surface area (Å²) in [6, 6.07) is 6.76. The molecule has 4 fully saturated rings. The van der Waals surface area contributed by atoms with Crippen LogP contribution in [0.3, 0.4) is 0 Å². The molecular weight excluding hydrogens is 580 g/mol. The van der Waals surface area contributed by atoms with Crippen LogP contribution in [0.5, 0.6) is 0 Å². The predicted molar refractivity (Wildman–Crippen MR) is 183 cm³/mol. The van der Waals surface area contributed by atoms with Crippen LogP contribution in [0, 0.1) is 70.5 Å². The van der Waals surface area contributed by atoms with Gasteiger partial charge in [0.25, 0.3) is 10.1 Å². The molecule has 0 bridgehead atoms. The summed E-state index contributed by atoms with van der Waals surface area (Å²) >= 11 is 0. The van der Waals surface area contributed by atoms with E-state index in [0.717, 1.165) is 56.4 Å². The molecule has 10 atom stereocenters. The van der Waals surface area contributed by atoms with Crippen LogP contribution in [0.1, 0.15) is 125 Å². The SMILES string of the molecule is C[C@H](CC#CC(C)(C)C)[C@H]1CC[C@H]2[C@@H](O)CCC[C@]12C.Cc1ccc(S(=O)(=O)OC[C@@H](C)[C@H]2CC[C@H]3[C@@H](O)CCC[C@]23C)cc1. The van der Waals surface area contributed by atoms with E-state index >= 15 is 0 Å². The molecule has 0 unspecified atom stereocenters. The molecule has 0 heterocycles. The molecule has 1 aromatic rings. The average molecular weight is 643 g/mol. The molecule has 4 aliphatic carbocycles. The first-order chi connectivity index (χ1) is 21.0. The summed E-state index contributed by atoms with van der Waals surface area (Å²) in [4.78, 5) is 0.217. The Kier molecular flexibility index (Phi) is 11.7. The number of benzene rings is 1. The first-order valence-corrected chi connectivity index (χ1v) is 19.2. The van der Waals surface area contributed by atoms with E-state index in [1.807, 2.05) is 6.92 Å². The van der Waals surface area contributed by atoms with Gasteiger partial charge in [-0.05, 0) is 138 Å². The van der Waals surface area contributed by atoms with Crippen LogP contribution in [-0.4, -0.2) is 37.4 Å². The summed E-state index contributed by atoms with van der Waals surface area (Å²) in [7, 11) is -3.71. The van der Waals surface area contributed by atoms with Crippen LogP contribution in [0.15, 0.2) is 29.2 Å². The molecule has 1 aromatic carbocycles. The zero-order valence-electron chi connectivity index (χ0n) is 29.4. The number of aliphatic hydroxyl groups excluding tert-OH is 2. The van der Waals surface area contributed by atoms with Crippen molar-refractivity contribution < 1.29 is 22.8 Å². The molecule has 5 nitrogen and oxygen atoms in total. The van der Waals surface area contributed by atoms with Gasteiger partial charge in [-0.1, -0.05) is 64.2 Å². The maximum absolute atomic E-state index is 12.4. The Labute approximate surface area is 275 Å². The highest BCUT2D eigenvalue weighted by Gasteiger charge is 2.53. The highest BCUT2D eigenvalue weighted by molar-refractivity contribution is 7.86. The third kappa shape index (κ3) is 8.37. The fourth-order valence-corrected chi connectivity index (χ4v) is 11.0. The summed E-state index contributed by atoms with van der Waals surface area (Å²) in [6.07, 6.45) is 12.0. The van der Waals surface area contributed by atoms with Crippen molar-refractivity contribution in [2.75, 3.05) is 6.61 Å². The normalized spacial score (nSPS) is 36.0. The summed E-state index contributed by atoms with van der Waals surface area (Å²) in [6.45, 7) is 17.8. The van der Waals surface area contributed by atoms with Crippen molar-refractivity contribution in [3.8, 4) is 11.8 Å². The number of rotatable bonds is 7. The molecule has 0 spiro atoms. The number of fused-ring (bicyclic) bond motifs is 2. The Balaban J connectivity index is 0.000000210. The third-order valence-corrected chi connectivity index (χ3v) is 13.7. The van der Waals surface area contributed by atoms with Crippen molar-refractivity contribution in [3.05, 3.63) is 29.8 Å². The molecule has 0 radical (unpaired) electrons. The quantitative estimate of drug-likeness (QED) is 0.230. The van der Waals surface area contributed by atoms with Gasteiger partial charge in [0.15, 0.2) is 0 Å². The Bertz CT molecular complexity index is 1290. The van der Waals surface area contributed by atoms with Gasteiger partial charge in [-0.15, -0.1) is 5.92 Å². The van der Waals surface area contributed by atoms with Crippen molar-refractivity contribution in [2.45, 2.75) is 143 Å². The average Bonchev–Trinajstić information content (AvgIpc) is 3.50. The third-order valence-electron chi connectivity index (χ3n) is 12.4. The monoisotopic (exact) mass is 642 g/mol. The fourth-order valence-electron chi connectivity index (χ4n) is 9.95. The minimum atomic E-state index is -3.71. The van der Waals surface area contributed by atoms with Crippen molar-refractivity contribution in [2.24, 2.45) is 51.8 Å². The number of aryl methyl sites for hydroxylation is 1. The van der Waals surface area contributed by atoms with Crippen LogP contribution in [0.2, 0.25) is 0 Å². The standard InChI is InChI=1S/C20H30O4S.C19H32O/c1-14-6-8-16(9-7-14)25(22,23)24-13-15(2)17-10-11-18-19(21)5-4-12-20(17,18)3;1-14(8-6-12-18(2,3)4)15-10-11-16-17(20)9-7-13-19(15,16)5/h6-9,15,17-19,21H,4-5,10-13H2,1-3H3;14-17,20H,7-11,13H2,1-5H3/t15-,17-,18+,19+,20-;14-,15-,16+,17+,19-/m11/s1. The fraction of sp³-hybridized carbons (Fsp3) is 0.795. The summed E-state index contributed by atoms with van der Waals surface area (Å²) in [5.41, 5.74) is 1.60. The minimum Gasteiger partial charge on any atom is -0.393 e. The first-order valence-electron chi connectivity index (χ1n) is 17.8. The van der Waals surface area contributed by atoms with Crippen molar-refractivity contribution in [1.82, 2.24) is 0 Å². The summed E-state index contributed by atoms with van der Waals surface area (Å²) in [5.74, 6) is 9.64. The van der Waals surface area contributed by atoms with Crippen LogP contribution >= 0.6 is 0 Å². The number of hydrogen-bond donors (Lipinski definition) is 2. The molecule has 4 saturated carbocycles. The zero-order valence-corrected chi connectivity index (χ0v) is 30.3. The lowest BCUT2D eigenvalue weighted by molar-refractivity contribution is -0.0307. The lowest BCUT2D eigenvalue weighted by atomic mass is 9.61. The van der Waals surface area contributed by atoms with Crippen LogP contribution in [0.4, 0.5) is 0 Å². The van der Waals surface area contributed by atoms with Crippen LogP contribution in [-0.2, 0) is 14.3 Å². The number of aliphatic hydroxyl groups is 2. The van der Waals surface area contributed by atoms with Crippen molar-refractivity contribution in [3.63, 3.8) is 0 Å². The highest BCUT2D eigenvalue weighted by atomic mass is 32.2. The molecule has 6 heteroatoms. The maximum atomic E-state index is 12.4. The molecule has 45 heavy (non-hydrogen) atoms. The Morgan fingerprint density at radius 1 is 0.844 bits per heavy atom. The Morgan fingerprint density at radius 2 is 1.33 bits per heavy atom.